The molecular weight excluding hydrogens is 256 g/mol. The standard InChI is InChI=1S/C19H34N2/c1-6-13-21(8-3)15-19(20-7-2)18-11-9-17(10-12-18)14-16(4)5/h9-12,16,19-20H,6-8,13-15H2,1-5H3. The Morgan fingerprint density at radius 3 is 2.19 bits per heavy atom. The second-order valence-electron chi connectivity index (χ2n) is 6.34. The number of nitrogens with zero attached hydrogens (tertiary/aromatic N) is 1. The first kappa shape index (κ1) is 18.2. The van der Waals surface area contributed by atoms with Gasteiger partial charge in [-0.25, -0.2) is 0 Å². The van der Waals surface area contributed by atoms with Crippen LogP contribution >= 0.6 is 0 Å². The normalized spacial score (nSPS) is 13.1. The average Bonchev–Trinajstić information content (AvgIpc) is 2.46. The summed E-state index contributed by atoms with van der Waals surface area (Å²) in [4.78, 5) is 2.54. The molecule has 120 valence electrons. The molecular formula is C19H34N2. The Morgan fingerprint density at radius 1 is 1.05 bits per heavy atom. The molecule has 21 heavy (non-hydrogen) atoms. The lowest BCUT2D eigenvalue weighted by Crippen LogP contribution is -2.35. The lowest BCUT2D eigenvalue weighted by molar-refractivity contribution is 0.255. The molecule has 0 aliphatic rings. The van der Waals surface area contributed by atoms with Gasteiger partial charge in [0.1, 0.15) is 0 Å². The Morgan fingerprint density at radius 2 is 1.71 bits per heavy atom. The van der Waals surface area contributed by atoms with Crippen molar-refractivity contribution in [3.8, 4) is 0 Å². The first-order valence-electron chi connectivity index (χ1n) is 8.65. The van der Waals surface area contributed by atoms with E-state index in [1.165, 1.54) is 30.5 Å². The Balaban J connectivity index is 2.74. The van der Waals surface area contributed by atoms with Crippen LogP contribution in [-0.2, 0) is 6.42 Å². The summed E-state index contributed by atoms with van der Waals surface area (Å²) >= 11 is 0. The molecule has 1 rings (SSSR count). The average molecular weight is 290 g/mol. The maximum atomic E-state index is 3.64. The first-order chi connectivity index (χ1) is 10.1. The zero-order chi connectivity index (χ0) is 15.7. The molecule has 0 heterocycles. The summed E-state index contributed by atoms with van der Waals surface area (Å²) < 4.78 is 0. The Labute approximate surface area is 131 Å². The molecule has 1 aromatic carbocycles. The molecule has 1 N–H and O–H groups in total. The van der Waals surface area contributed by atoms with E-state index in [0.29, 0.717) is 6.04 Å². The Hall–Kier alpha value is -0.860. The number of likely N-dealkylation sites (N-methyl/N-ethyl adjacent to an activating group) is 2. The van der Waals surface area contributed by atoms with Gasteiger partial charge in [-0.1, -0.05) is 58.9 Å². The van der Waals surface area contributed by atoms with Gasteiger partial charge in [0.05, 0.1) is 0 Å². The molecule has 0 aliphatic heterocycles. The molecule has 1 atom stereocenters. The summed E-state index contributed by atoms with van der Waals surface area (Å²) in [6.45, 7) is 15.7. The molecule has 0 radical (unpaired) electrons. The molecule has 0 aliphatic carbocycles. The van der Waals surface area contributed by atoms with Crippen molar-refractivity contribution in [2.24, 2.45) is 5.92 Å². The first-order valence-corrected chi connectivity index (χ1v) is 8.65. The smallest absolute Gasteiger partial charge is 0.0449 e. The quantitative estimate of drug-likeness (QED) is 0.692. The molecule has 2 heteroatoms. The highest BCUT2D eigenvalue weighted by Crippen LogP contribution is 2.17. The van der Waals surface area contributed by atoms with E-state index in [1.807, 2.05) is 0 Å². The van der Waals surface area contributed by atoms with Gasteiger partial charge in [-0.15, -0.1) is 0 Å². The van der Waals surface area contributed by atoms with Crippen LogP contribution in [0, 0.1) is 5.92 Å². The van der Waals surface area contributed by atoms with Crippen LogP contribution in [0.1, 0.15) is 58.2 Å². The van der Waals surface area contributed by atoms with Crippen LogP contribution in [0.4, 0.5) is 0 Å². The van der Waals surface area contributed by atoms with Crippen LogP contribution in [0.3, 0.4) is 0 Å². The predicted octanol–water partition coefficient (Wildman–Crippen LogP) is 4.27. The summed E-state index contributed by atoms with van der Waals surface area (Å²) in [5.74, 6) is 0.723. The lowest BCUT2D eigenvalue weighted by atomic mass is 9.99. The van der Waals surface area contributed by atoms with Gasteiger partial charge in [-0.2, -0.15) is 0 Å². The Bertz CT molecular complexity index is 370. The topological polar surface area (TPSA) is 15.3 Å². The van der Waals surface area contributed by atoms with Crippen molar-refractivity contribution in [1.82, 2.24) is 10.2 Å². The molecule has 0 spiro atoms. The SMILES string of the molecule is CCCN(CC)CC(NCC)c1ccc(CC(C)C)cc1. The second-order valence-corrected chi connectivity index (χ2v) is 6.34. The number of hydrogen-bond donors (Lipinski definition) is 1. The van der Waals surface area contributed by atoms with Gasteiger partial charge in [0.25, 0.3) is 0 Å². The van der Waals surface area contributed by atoms with Crippen LogP contribution in [0.25, 0.3) is 0 Å². The van der Waals surface area contributed by atoms with E-state index < -0.39 is 0 Å². The van der Waals surface area contributed by atoms with E-state index >= 15 is 0 Å². The minimum Gasteiger partial charge on any atom is -0.309 e. The van der Waals surface area contributed by atoms with Crippen LogP contribution < -0.4 is 5.32 Å². The van der Waals surface area contributed by atoms with Gasteiger partial charge in [-0.05, 0) is 49.5 Å². The van der Waals surface area contributed by atoms with Crippen molar-refractivity contribution in [2.45, 2.75) is 53.5 Å². The summed E-state index contributed by atoms with van der Waals surface area (Å²) in [5.41, 5.74) is 2.86. The van der Waals surface area contributed by atoms with E-state index in [9.17, 15) is 0 Å². The van der Waals surface area contributed by atoms with E-state index in [-0.39, 0.29) is 0 Å². The van der Waals surface area contributed by atoms with Gasteiger partial charge < -0.3 is 10.2 Å². The van der Waals surface area contributed by atoms with Crippen molar-refractivity contribution >= 4 is 0 Å². The Kier molecular flexibility index (Phi) is 8.63. The van der Waals surface area contributed by atoms with Crippen LogP contribution in [0.5, 0.6) is 0 Å². The predicted molar refractivity (Wildman–Crippen MR) is 93.8 cm³/mol. The fourth-order valence-electron chi connectivity index (χ4n) is 2.84. The monoisotopic (exact) mass is 290 g/mol. The highest BCUT2D eigenvalue weighted by molar-refractivity contribution is 5.25. The van der Waals surface area contributed by atoms with Crippen LogP contribution in [-0.4, -0.2) is 31.1 Å². The lowest BCUT2D eigenvalue weighted by Gasteiger charge is -2.27. The molecule has 0 aromatic heterocycles. The summed E-state index contributed by atoms with van der Waals surface area (Å²) in [5, 5.41) is 3.64. The third-order valence-electron chi connectivity index (χ3n) is 3.90. The van der Waals surface area contributed by atoms with Crippen molar-refractivity contribution in [1.29, 1.82) is 0 Å². The van der Waals surface area contributed by atoms with E-state index in [2.05, 4.69) is 69.1 Å². The van der Waals surface area contributed by atoms with Gasteiger partial charge in [0.15, 0.2) is 0 Å². The molecule has 0 saturated carbocycles. The molecule has 1 aromatic rings. The summed E-state index contributed by atoms with van der Waals surface area (Å²) in [7, 11) is 0. The maximum Gasteiger partial charge on any atom is 0.0449 e. The molecule has 0 amide bonds. The zero-order valence-electron chi connectivity index (χ0n) is 14.7. The summed E-state index contributed by atoms with van der Waals surface area (Å²) in [6, 6.07) is 9.66. The second kappa shape index (κ2) is 9.97. The van der Waals surface area contributed by atoms with E-state index in [0.717, 1.165) is 25.6 Å². The van der Waals surface area contributed by atoms with Crippen molar-refractivity contribution < 1.29 is 0 Å². The van der Waals surface area contributed by atoms with Crippen molar-refractivity contribution in [3.05, 3.63) is 35.4 Å². The third-order valence-corrected chi connectivity index (χ3v) is 3.90. The van der Waals surface area contributed by atoms with Gasteiger partial charge in [-0.3, -0.25) is 0 Å². The maximum absolute atomic E-state index is 3.64. The number of rotatable bonds is 10. The fourth-order valence-corrected chi connectivity index (χ4v) is 2.84. The number of hydrogen-bond acceptors (Lipinski definition) is 2. The third kappa shape index (κ3) is 6.62. The largest absolute Gasteiger partial charge is 0.309 e. The minimum absolute atomic E-state index is 0.439. The van der Waals surface area contributed by atoms with Gasteiger partial charge in [0, 0.05) is 12.6 Å². The van der Waals surface area contributed by atoms with Gasteiger partial charge >= 0.3 is 0 Å². The number of nitrogens with one attached hydrogen (secondary N) is 1. The minimum atomic E-state index is 0.439. The van der Waals surface area contributed by atoms with Crippen LogP contribution in [0.15, 0.2) is 24.3 Å². The highest BCUT2D eigenvalue weighted by Gasteiger charge is 2.14. The molecule has 1 unspecified atom stereocenters. The highest BCUT2D eigenvalue weighted by atomic mass is 15.1. The molecule has 0 bridgehead atoms. The van der Waals surface area contributed by atoms with E-state index in [4.69, 9.17) is 0 Å². The van der Waals surface area contributed by atoms with Crippen molar-refractivity contribution in [2.75, 3.05) is 26.2 Å². The molecule has 0 fully saturated rings. The zero-order valence-corrected chi connectivity index (χ0v) is 14.7. The molecule has 2 nitrogen and oxygen atoms in total. The number of benzene rings is 1. The van der Waals surface area contributed by atoms with Crippen molar-refractivity contribution in [3.63, 3.8) is 0 Å². The summed E-state index contributed by atoms with van der Waals surface area (Å²) in [6.07, 6.45) is 2.39. The van der Waals surface area contributed by atoms with Crippen LogP contribution in [0.2, 0.25) is 0 Å². The van der Waals surface area contributed by atoms with E-state index in [1.54, 1.807) is 0 Å². The molecule has 0 saturated heterocycles. The van der Waals surface area contributed by atoms with Gasteiger partial charge in [0.2, 0.25) is 0 Å². The fraction of sp³-hybridized carbons (Fsp3) is 0.684.